The zero-order valence-electron chi connectivity index (χ0n) is 17.6. The average molecular weight is 451 g/mol. The SMILES string of the molecule is COCc1cn(Cc2cc(F)cc(F)c2)c(Nc2cc(OC(F)F)c(C)cc2C)nc1=O. The lowest BCUT2D eigenvalue weighted by molar-refractivity contribution is -0.0502. The van der Waals surface area contributed by atoms with Gasteiger partial charge in [0.15, 0.2) is 0 Å². The largest absolute Gasteiger partial charge is 0.434 e. The molecule has 1 heterocycles. The minimum absolute atomic E-state index is 0.0143. The Hall–Kier alpha value is -3.40. The van der Waals surface area contributed by atoms with Crippen molar-refractivity contribution in [3.63, 3.8) is 0 Å². The molecule has 6 nitrogen and oxygen atoms in total. The normalized spacial score (nSPS) is 11.1. The lowest BCUT2D eigenvalue weighted by Crippen LogP contribution is -2.21. The van der Waals surface area contributed by atoms with Gasteiger partial charge in [0.1, 0.15) is 17.4 Å². The monoisotopic (exact) mass is 451 g/mol. The van der Waals surface area contributed by atoms with Gasteiger partial charge < -0.3 is 19.4 Å². The summed E-state index contributed by atoms with van der Waals surface area (Å²) in [5.74, 6) is -1.48. The quantitative estimate of drug-likeness (QED) is 0.504. The molecule has 0 spiro atoms. The third-order valence-corrected chi connectivity index (χ3v) is 4.63. The third-order valence-electron chi connectivity index (χ3n) is 4.63. The van der Waals surface area contributed by atoms with Gasteiger partial charge in [0, 0.05) is 31.1 Å². The van der Waals surface area contributed by atoms with Crippen LogP contribution in [0.2, 0.25) is 0 Å². The number of aryl methyl sites for hydroxylation is 2. The molecular formula is C22H21F4N3O3. The second-order valence-corrected chi connectivity index (χ2v) is 7.17. The van der Waals surface area contributed by atoms with Crippen LogP contribution in [0.1, 0.15) is 22.3 Å². The van der Waals surface area contributed by atoms with Gasteiger partial charge >= 0.3 is 6.61 Å². The molecule has 1 aromatic heterocycles. The van der Waals surface area contributed by atoms with Crippen molar-refractivity contribution in [1.82, 2.24) is 9.55 Å². The number of benzene rings is 2. The van der Waals surface area contributed by atoms with Crippen LogP contribution in [0.5, 0.6) is 5.75 Å². The van der Waals surface area contributed by atoms with Gasteiger partial charge in [-0.15, -0.1) is 0 Å². The molecular weight excluding hydrogens is 430 g/mol. The van der Waals surface area contributed by atoms with Crippen molar-refractivity contribution in [2.24, 2.45) is 0 Å². The number of anilines is 2. The van der Waals surface area contributed by atoms with E-state index in [-0.39, 0.29) is 30.4 Å². The second kappa shape index (κ2) is 9.82. The van der Waals surface area contributed by atoms with Crippen LogP contribution < -0.4 is 15.6 Å². The topological polar surface area (TPSA) is 65.4 Å². The Bertz CT molecular complexity index is 1160. The minimum Gasteiger partial charge on any atom is -0.434 e. The highest BCUT2D eigenvalue weighted by Gasteiger charge is 2.15. The van der Waals surface area contributed by atoms with E-state index in [1.54, 1.807) is 19.9 Å². The molecule has 0 unspecified atom stereocenters. The molecule has 0 fully saturated rings. The van der Waals surface area contributed by atoms with Gasteiger partial charge in [0.2, 0.25) is 5.95 Å². The van der Waals surface area contributed by atoms with Crippen LogP contribution in [0.25, 0.3) is 0 Å². The summed E-state index contributed by atoms with van der Waals surface area (Å²) in [5, 5.41) is 2.94. The number of methoxy groups -OCH3 is 1. The number of halogens is 4. The van der Waals surface area contributed by atoms with Crippen LogP contribution >= 0.6 is 0 Å². The van der Waals surface area contributed by atoms with Crippen LogP contribution in [0, 0.1) is 25.5 Å². The maximum Gasteiger partial charge on any atom is 0.387 e. The van der Waals surface area contributed by atoms with E-state index in [1.807, 2.05) is 0 Å². The Labute approximate surface area is 181 Å². The van der Waals surface area contributed by atoms with Gasteiger partial charge in [-0.1, -0.05) is 6.07 Å². The van der Waals surface area contributed by atoms with Crippen molar-refractivity contribution in [3.05, 3.63) is 80.8 Å². The van der Waals surface area contributed by atoms with Crippen molar-refractivity contribution in [2.45, 2.75) is 33.6 Å². The van der Waals surface area contributed by atoms with Gasteiger partial charge in [-0.05, 0) is 42.7 Å². The van der Waals surface area contributed by atoms with E-state index < -0.39 is 23.8 Å². The highest BCUT2D eigenvalue weighted by Crippen LogP contribution is 2.29. The maximum absolute atomic E-state index is 13.7. The van der Waals surface area contributed by atoms with E-state index in [0.717, 1.165) is 18.2 Å². The van der Waals surface area contributed by atoms with E-state index in [9.17, 15) is 22.4 Å². The Morgan fingerprint density at radius 1 is 1.06 bits per heavy atom. The Morgan fingerprint density at radius 2 is 1.75 bits per heavy atom. The number of aromatic nitrogens is 2. The molecule has 0 saturated carbocycles. The summed E-state index contributed by atoms with van der Waals surface area (Å²) in [7, 11) is 1.41. The lowest BCUT2D eigenvalue weighted by Gasteiger charge is -2.18. The first-order valence-corrected chi connectivity index (χ1v) is 9.53. The molecule has 32 heavy (non-hydrogen) atoms. The minimum atomic E-state index is -3.00. The Balaban J connectivity index is 2.05. The fraction of sp³-hybridized carbons (Fsp3) is 0.273. The first-order valence-electron chi connectivity index (χ1n) is 9.53. The fourth-order valence-electron chi connectivity index (χ4n) is 3.22. The molecule has 0 amide bonds. The number of nitrogens with zero attached hydrogens (tertiary/aromatic N) is 2. The van der Waals surface area contributed by atoms with Gasteiger partial charge in [-0.25, -0.2) is 8.78 Å². The van der Waals surface area contributed by atoms with Gasteiger partial charge in [0.25, 0.3) is 5.56 Å². The van der Waals surface area contributed by atoms with E-state index in [4.69, 9.17) is 4.74 Å². The summed E-state index contributed by atoms with van der Waals surface area (Å²) < 4.78 is 63.8. The second-order valence-electron chi connectivity index (χ2n) is 7.17. The number of nitrogens with one attached hydrogen (secondary N) is 1. The summed E-state index contributed by atoms with van der Waals surface area (Å²) in [6, 6.07) is 6.09. The van der Waals surface area contributed by atoms with Crippen molar-refractivity contribution in [1.29, 1.82) is 0 Å². The number of ether oxygens (including phenoxy) is 2. The van der Waals surface area contributed by atoms with Crippen molar-refractivity contribution in [2.75, 3.05) is 12.4 Å². The van der Waals surface area contributed by atoms with Crippen LogP contribution in [-0.2, 0) is 17.9 Å². The zero-order valence-corrected chi connectivity index (χ0v) is 17.6. The molecule has 0 radical (unpaired) electrons. The molecule has 0 saturated heterocycles. The summed E-state index contributed by atoms with van der Waals surface area (Å²) >= 11 is 0. The number of hydrogen-bond acceptors (Lipinski definition) is 5. The van der Waals surface area contributed by atoms with E-state index in [0.29, 0.717) is 22.4 Å². The lowest BCUT2D eigenvalue weighted by atomic mass is 10.1. The van der Waals surface area contributed by atoms with Crippen molar-refractivity contribution in [3.8, 4) is 5.75 Å². The molecule has 0 aliphatic heterocycles. The molecule has 0 atom stereocenters. The maximum atomic E-state index is 13.7. The average Bonchev–Trinajstić information content (AvgIpc) is 2.68. The zero-order chi connectivity index (χ0) is 23.4. The van der Waals surface area contributed by atoms with Crippen LogP contribution in [-0.4, -0.2) is 23.3 Å². The predicted molar refractivity (Wildman–Crippen MR) is 111 cm³/mol. The molecule has 10 heteroatoms. The van der Waals surface area contributed by atoms with Crippen LogP contribution in [0.15, 0.2) is 41.3 Å². The van der Waals surface area contributed by atoms with Crippen LogP contribution in [0.4, 0.5) is 29.2 Å². The van der Waals surface area contributed by atoms with Crippen molar-refractivity contribution < 1.29 is 27.0 Å². The smallest absolute Gasteiger partial charge is 0.387 e. The van der Waals surface area contributed by atoms with Crippen LogP contribution in [0.3, 0.4) is 0 Å². The molecule has 170 valence electrons. The number of hydrogen-bond donors (Lipinski definition) is 1. The Kier molecular flexibility index (Phi) is 7.14. The van der Waals surface area contributed by atoms with E-state index in [1.165, 1.54) is 23.9 Å². The first kappa shape index (κ1) is 23.3. The summed E-state index contributed by atoms with van der Waals surface area (Å²) in [4.78, 5) is 16.4. The fourth-order valence-corrected chi connectivity index (χ4v) is 3.22. The molecule has 0 aliphatic carbocycles. The molecule has 2 aromatic carbocycles. The Morgan fingerprint density at radius 3 is 2.38 bits per heavy atom. The van der Waals surface area contributed by atoms with Gasteiger partial charge in [0.05, 0.1) is 18.7 Å². The first-order chi connectivity index (χ1) is 15.2. The summed E-state index contributed by atoms with van der Waals surface area (Å²) in [6.45, 7) is 0.328. The van der Waals surface area contributed by atoms with E-state index >= 15 is 0 Å². The summed E-state index contributed by atoms with van der Waals surface area (Å²) in [5.41, 5.74) is 1.52. The number of rotatable bonds is 8. The number of alkyl halides is 2. The predicted octanol–water partition coefficient (Wildman–Crippen LogP) is 4.68. The van der Waals surface area contributed by atoms with E-state index in [2.05, 4.69) is 15.0 Å². The molecule has 1 N–H and O–H groups in total. The summed E-state index contributed by atoms with van der Waals surface area (Å²) in [6.07, 6.45) is 1.46. The highest BCUT2D eigenvalue weighted by atomic mass is 19.3. The standard InChI is InChI=1S/C22H21F4N3O3/c1-12-4-13(2)19(32-21(25)26)8-18(12)27-22-28-20(30)15(11-31-3)10-29(22)9-14-5-16(23)7-17(24)6-14/h4-8,10,21H,9,11H2,1-3H3,(H,27,28,30). The highest BCUT2D eigenvalue weighted by molar-refractivity contribution is 5.63. The molecule has 0 aliphatic rings. The van der Waals surface area contributed by atoms with Gasteiger partial charge in [-0.2, -0.15) is 13.8 Å². The van der Waals surface area contributed by atoms with Gasteiger partial charge in [-0.3, -0.25) is 4.79 Å². The molecule has 3 aromatic rings. The third kappa shape index (κ3) is 5.64. The molecule has 0 bridgehead atoms. The molecule has 3 rings (SSSR count). The van der Waals surface area contributed by atoms with Crippen molar-refractivity contribution >= 4 is 11.6 Å².